The van der Waals surface area contributed by atoms with Gasteiger partial charge in [0.1, 0.15) is 5.78 Å². The Labute approximate surface area is 104 Å². The fourth-order valence-corrected chi connectivity index (χ4v) is 1.91. The maximum atomic E-state index is 11.8. The quantitative estimate of drug-likeness (QED) is 0.610. The zero-order chi connectivity index (χ0) is 11.7. The third-order valence-electron chi connectivity index (χ3n) is 2.60. The minimum absolute atomic E-state index is 0.0149. The lowest BCUT2D eigenvalue weighted by Crippen LogP contribution is -2.10. The van der Waals surface area contributed by atoms with Crippen molar-refractivity contribution in [3.05, 3.63) is 33.8 Å². The van der Waals surface area contributed by atoms with Crippen LogP contribution in [0.3, 0.4) is 0 Å². The number of Topliss-reactive ketones (excluding diaryl/α,β-unsaturated/α-hetero) is 2. The average Bonchev–Trinajstić information content (AvgIpc) is 3.04. The molecule has 1 saturated carbocycles. The van der Waals surface area contributed by atoms with Crippen molar-refractivity contribution in [2.45, 2.75) is 19.3 Å². The smallest absolute Gasteiger partial charge is 0.171 e. The Morgan fingerprint density at radius 3 is 2.56 bits per heavy atom. The number of benzene rings is 1. The lowest BCUT2D eigenvalue weighted by Gasteiger charge is -2.03. The van der Waals surface area contributed by atoms with Gasteiger partial charge in [0.2, 0.25) is 0 Å². The Morgan fingerprint density at radius 1 is 1.25 bits per heavy atom. The van der Waals surface area contributed by atoms with E-state index in [4.69, 9.17) is 23.2 Å². The van der Waals surface area contributed by atoms with Gasteiger partial charge in [0.25, 0.3) is 0 Å². The second-order valence-corrected chi connectivity index (χ2v) is 4.81. The maximum absolute atomic E-state index is 11.8. The molecule has 0 aromatic heterocycles. The van der Waals surface area contributed by atoms with Gasteiger partial charge in [0, 0.05) is 16.5 Å². The third kappa shape index (κ3) is 2.63. The monoisotopic (exact) mass is 256 g/mol. The minimum atomic E-state index is -0.246. The molecule has 0 aliphatic heterocycles. The van der Waals surface area contributed by atoms with E-state index in [0.717, 1.165) is 12.8 Å². The van der Waals surface area contributed by atoms with Crippen molar-refractivity contribution in [1.82, 2.24) is 0 Å². The van der Waals surface area contributed by atoms with E-state index in [2.05, 4.69) is 0 Å². The van der Waals surface area contributed by atoms with Gasteiger partial charge in [-0.1, -0.05) is 23.2 Å². The summed E-state index contributed by atoms with van der Waals surface area (Å²) in [5.74, 6) is -0.132. The molecule has 0 heterocycles. The molecule has 0 bridgehead atoms. The van der Waals surface area contributed by atoms with Crippen LogP contribution in [-0.4, -0.2) is 11.6 Å². The molecule has 4 heteroatoms. The molecule has 0 spiro atoms. The van der Waals surface area contributed by atoms with Gasteiger partial charge < -0.3 is 0 Å². The Bertz CT molecular complexity index is 450. The zero-order valence-corrected chi connectivity index (χ0v) is 10.0. The number of hydrogen-bond acceptors (Lipinski definition) is 2. The van der Waals surface area contributed by atoms with Gasteiger partial charge in [-0.25, -0.2) is 0 Å². The first kappa shape index (κ1) is 11.6. The molecule has 0 N–H and O–H groups in total. The predicted octanol–water partition coefficient (Wildman–Crippen LogP) is 3.55. The molecule has 0 amide bonds. The van der Waals surface area contributed by atoms with Crippen LogP contribution in [0.15, 0.2) is 18.2 Å². The summed E-state index contributed by atoms with van der Waals surface area (Å²) in [4.78, 5) is 23.3. The van der Waals surface area contributed by atoms with E-state index >= 15 is 0 Å². The zero-order valence-electron chi connectivity index (χ0n) is 8.50. The summed E-state index contributed by atoms with van der Waals surface area (Å²) in [6, 6.07) is 4.69. The van der Waals surface area contributed by atoms with Gasteiger partial charge in [-0.15, -0.1) is 0 Å². The van der Waals surface area contributed by atoms with Gasteiger partial charge in [0.05, 0.1) is 11.4 Å². The Hall–Kier alpha value is -0.860. The Morgan fingerprint density at radius 2 is 1.94 bits per heavy atom. The summed E-state index contributed by atoms with van der Waals surface area (Å²) < 4.78 is 0. The average molecular weight is 257 g/mol. The van der Waals surface area contributed by atoms with E-state index in [1.54, 1.807) is 12.1 Å². The van der Waals surface area contributed by atoms with Gasteiger partial charge >= 0.3 is 0 Å². The van der Waals surface area contributed by atoms with Crippen LogP contribution in [0.5, 0.6) is 0 Å². The highest BCUT2D eigenvalue weighted by atomic mass is 35.5. The minimum Gasteiger partial charge on any atom is -0.299 e. The van der Waals surface area contributed by atoms with Crippen molar-refractivity contribution in [1.29, 1.82) is 0 Å². The number of rotatable bonds is 4. The molecule has 0 saturated heterocycles. The first-order valence-corrected chi connectivity index (χ1v) is 5.84. The number of halogens is 2. The summed E-state index contributed by atoms with van der Waals surface area (Å²) in [7, 11) is 0. The van der Waals surface area contributed by atoms with Crippen molar-refractivity contribution in [2.75, 3.05) is 0 Å². The molecule has 0 unspecified atom stereocenters. The fraction of sp³-hybridized carbons (Fsp3) is 0.333. The highest BCUT2D eigenvalue weighted by Crippen LogP contribution is 2.32. The first-order valence-electron chi connectivity index (χ1n) is 5.09. The number of carbonyl (C=O) groups excluding carboxylic acids is 2. The summed E-state index contributed by atoms with van der Waals surface area (Å²) in [5, 5.41) is 0.796. The summed E-state index contributed by atoms with van der Waals surface area (Å²) in [6.45, 7) is 0. The van der Waals surface area contributed by atoms with Crippen LogP contribution in [-0.2, 0) is 4.79 Å². The lowest BCUT2D eigenvalue weighted by atomic mass is 10.0. The molecule has 2 nitrogen and oxygen atoms in total. The summed E-state index contributed by atoms with van der Waals surface area (Å²) >= 11 is 11.7. The van der Waals surface area contributed by atoms with Crippen LogP contribution in [0.4, 0.5) is 0 Å². The van der Waals surface area contributed by atoms with Crippen LogP contribution in [0.2, 0.25) is 10.0 Å². The summed E-state index contributed by atoms with van der Waals surface area (Å²) in [6.07, 6.45) is 1.76. The van der Waals surface area contributed by atoms with E-state index in [-0.39, 0.29) is 23.9 Å². The molecule has 0 radical (unpaired) electrons. The normalized spacial score (nSPS) is 14.9. The Kier molecular flexibility index (Phi) is 3.31. The Balaban J connectivity index is 2.13. The lowest BCUT2D eigenvalue weighted by molar-refractivity contribution is -0.119. The highest BCUT2D eigenvalue weighted by molar-refractivity contribution is 6.36. The highest BCUT2D eigenvalue weighted by Gasteiger charge is 2.31. The summed E-state index contributed by atoms with van der Waals surface area (Å²) in [5.41, 5.74) is 0.336. The molecule has 0 atom stereocenters. The van der Waals surface area contributed by atoms with Crippen LogP contribution < -0.4 is 0 Å². The second kappa shape index (κ2) is 4.56. The van der Waals surface area contributed by atoms with Crippen LogP contribution in [0.25, 0.3) is 0 Å². The molecule has 1 fully saturated rings. The third-order valence-corrected chi connectivity index (χ3v) is 3.16. The molecule has 16 heavy (non-hydrogen) atoms. The second-order valence-electron chi connectivity index (χ2n) is 3.96. The van der Waals surface area contributed by atoms with E-state index in [1.807, 2.05) is 0 Å². The van der Waals surface area contributed by atoms with E-state index < -0.39 is 0 Å². The molecular weight excluding hydrogens is 247 g/mol. The molecule has 84 valence electrons. The van der Waals surface area contributed by atoms with Crippen molar-refractivity contribution in [3.63, 3.8) is 0 Å². The molecule has 1 aliphatic rings. The van der Waals surface area contributed by atoms with Crippen LogP contribution in [0.1, 0.15) is 29.6 Å². The maximum Gasteiger partial charge on any atom is 0.171 e. The topological polar surface area (TPSA) is 34.1 Å². The van der Waals surface area contributed by atoms with Gasteiger partial charge in [-0.3, -0.25) is 9.59 Å². The van der Waals surface area contributed by atoms with Gasteiger partial charge in [0.15, 0.2) is 5.78 Å². The van der Waals surface area contributed by atoms with E-state index in [9.17, 15) is 9.59 Å². The largest absolute Gasteiger partial charge is 0.299 e. The number of hydrogen-bond donors (Lipinski definition) is 0. The molecular formula is C12H10Cl2O2. The first-order chi connectivity index (χ1) is 7.58. The van der Waals surface area contributed by atoms with E-state index in [1.165, 1.54) is 6.07 Å². The van der Waals surface area contributed by atoms with Gasteiger partial charge in [-0.05, 0) is 31.0 Å². The molecule has 1 aliphatic carbocycles. The predicted molar refractivity (Wildman–Crippen MR) is 63.1 cm³/mol. The number of carbonyl (C=O) groups is 2. The molecule has 1 aromatic rings. The van der Waals surface area contributed by atoms with Crippen molar-refractivity contribution in [2.24, 2.45) is 5.92 Å². The van der Waals surface area contributed by atoms with Crippen LogP contribution in [0, 0.1) is 5.92 Å². The SMILES string of the molecule is O=C(CC(=O)C1CC1)c1cc(Cl)ccc1Cl. The van der Waals surface area contributed by atoms with Crippen LogP contribution >= 0.6 is 23.2 Å². The standard InChI is InChI=1S/C12H10Cl2O2/c13-8-3-4-10(14)9(5-8)12(16)6-11(15)7-1-2-7/h3-5,7H,1-2,6H2. The van der Waals surface area contributed by atoms with Gasteiger partial charge in [-0.2, -0.15) is 0 Å². The molecule has 2 rings (SSSR count). The van der Waals surface area contributed by atoms with E-state index in [0.29, 0.717) is 15.6 Å². The number of ketones is 2. The van der Waals surface area contributed by atoms with Crippen molar-refractivity contribution >= 4 is 34.8 Å². The van der Waals surface area contributed by atoms with Crippen molar-refractivity contribution < 1.29 is 9.59 Å². The fourth-order valence-electron chi connectivity index (χ4n) is 1.51. The molecule has 1 aromatic carbocycles. The van der Waals surface area contributed by atoms with Crippen molar-refractivity contribution in [3.8, 4) is 0 Å².